The van der Waals surface area contributed by atoms with E-state index in [0.29, 0.717) is 6.42 Å². The summed E-state index contributed by atoms with van der Waals surface area (Å²) in [6.07, 6.45) is -0.802. The van der Waals surface area contributed by atoms with Gasteiger partial charge in [0.05, 0.1) is 11.1 Å². The maximum Gasteiger partial charge on any atom is 0.409 e. The van der Waals surface area contributed by atoms with Gasteiger partial charge in [-0.3, -0.25) is 10.3 Å². The summed E-state index contributed by atoms with van der Waals surface area (Å²) in [4.78, 5) is 15.2. The Hall–Kier alpha value is -2.15. The molecule has 4 N–H and O–H groups in total. The minimum Gasteiger partial charge on any atom is -0.465 e. The summed E-state index contributed by atoms with van der Waals surface area (Å²) < 4.78 is 20.0. The van der Waals surface area contributed by atoms with E-state index in [0.717, 1.165) is 0 Å². The van der Waals surface area contributed by atoms with E-state index in [4.69, 9.17) is 15.6 Å². The van der Waals surface area contributed by atoms with Crippen LogP contribution in [0.25, 0.3) is 0 Å². The van der Waals surface area contributed by atoms with Crippen molar-refractivity contribution in [3.8, 4) is 0 Å². The van der Waals surface area contributed by atoms with Crippen LogP contribution in [-0.4, -0.2) is 29.2 Å². The van der Waals surface area contributed by atoms with Crippen molar-refractivity contribution < 1.29 is 19.0 Å². The number of ether oxygens (including phenoxy) is 1. The van der Waals surface area contributed by atoms with Gasteiger partial charge >= 0.3 is 6.09 Å². The fourth-order valence-corrected chi connectivity index (χ4v) is 2.83. The molecule has 0 spiro atoms. The summed E-state index contributed by atoms with van der Waals surface area (Å²) in [6, 6.07) is 4.03. The van der Waals surface area contributed by atoms with Crippen molar-refractivity contribution >= 4 is 17.6 Å². The molecule has 0 bridgehead atoms. The number of nitrogens with zero attached hydrogens (tertiary/aromatic N) is 1. The Morgan fingerprint density at radius 2 is 2.14 bits per heavy atom. The van der Waals surface area contributed by atoms with E-state index in [9.17, 15) is 9.18 Å². The third-order valence-electron chi connectivity index (χ3n) is 3.57. The maximum atomic E-state index is 14.3. The van der Waals surface area contributed by atoms with Crippen LogP contribution in [0.15, 0.2) is 23.2 Å². The van der Waals surface area contributed by atoms with Crippen molar-refractivity contribution in [2.75, 3.05) is 11.9 Å². The van der Waals surface area contributed by atoms with Gasteiger partial charge in [0.2, 0.25) is 0 Å². The number of aliphatic imine (C=N–C) groups is 1. The highest BCUT2D eigenvalue weighted by Gasteiger charge is 2.39. The predicted octanol–water partition coefficient (Wildman–Crippen LogP) is 2.69. The molecule has 0 radical (unpaired) electrons. The van der Waals surface area contributed by atoms with E-state index in [1.54, 1.807) is 6.92 Å². The SMILES string of the molecule is CC1(C)C[C@@](C)(c2cc(NC(=O)O)ccc2F)N=C(N)CO1. The first-order valence-corrected chi connectivity index (χ1v) is 6.89. The molecule has 0 saturated carbocycles. The van der Waals surface area contributed by atoms with Gasteiger partial charge < -0.3 is 15.6 Å². The molecule has 2 rings (SSSR count). The number of hydrogen-bond acceptors (Lipinski definition) is 4. The van der Waals surface area contributed by atoms with Gasteiger partial charge in [-0.25, -0.2) is 9.18 Å². The Bertz CT molecular complexity index is 630. The molecular weight excluding hydrogens is 289 g/mol. The molecule has 0 aromatic heterocycles. The molecule has 1 amide bonds. The number of hydrogen-bond donors (Lipinski definition) is 3. The number of carbonyl (C=O) groups is 1. The van der Waals surface area contributed by atoms with Crippen molar-refractivity contribution in [2.24, 2.45) is 10.7 Å². The molecule has 1 aromatic rings. The van der Waals surface area contributed by atoms with Crippen LogP contribution < -0.4 is 11.1 Å². The molecule has 1 aliphatic rings. The second-order valence-electron chi connectivity index (χ2n) is 6.23. The van der Waals surface area contributed by atoms with Crippen LogP contribution >= 0.6 is 0 Å². The number of nitrogens with two attached hydrogens (primary N) is 1. The predicted molar refractivity (Wildman–Crippen MR) is 81.7 cm³/mol. The summed E-state index contributed by atoms with van der Waals surface area (Å²) in [5.41, 5.74) is 4.91. The molecule has 1 aromatic carbocycles. The molecule has 1 heterocycles. The van der Waals surface area contributed by atoms with E-state index in [1.807, 2.05) is 13.8 Å². The van der Waals surface area contributed by atoms with E-state index < -0.39 is 23.1 Å². The number of amidine groups is 1. The maximum absolute atomic E-state index is 14.3. The zero-order valence-corrected chi connectivity index (χ0v) is 12.8. The fourth-order valence-electron chi connectivity index (χ4n) is 2.83. The Labute approximate surface area is 128 Å². The van der Waals surface area contributed by atoms with E-state index in [-0.39, 0.29) is 23.7 Å². The van der Waals surface area contributed by atoms with Crippen LogP contribution in [-0.2, 0) is 10.3 Å². The zero-order chi connectivity index (χ0) is 16.5. The largest absolute Gasteiger partial charge is 0.465 e. The summed E-state index contributed by atoms with van der Waals surface area (Å²) in [5.74, 6) is -0.184. The lowest BCUT2D eigenvalue weighted by molar-refractivity contribution is -0.0105. The zero-order valence-electron chi connectivity index (χ0n) is 12.8. The van der Waals surface area contributed by atoms with Crippen LogP contribution in [0.5, 0.6) is 0 Å². The van der Waals surface area contributed by atoms with Crippen LogP contribution in [0.4, 0.5) is 14.9 Å². The lowest BCUT2D eigenvalue weighted by Gasteiger charge is -2.33. The quantitative estimate of drug-likeness (QED) is 0.782. The second kappa shape index (κ2) is 5.57. The first kappa shape index (κ1) is 16.2. The molecule has 0 unspecified atom stereocenters. The standard InChI is InChI=1S/C15H20FN3O3/c1-14(2)8-15(3,19-12(17)7-22-14)10-6-9(18-13(20)21)4-5-11(10)16/h4-6,18H,7-8H2,1-3H3,(H2,17,19)(H,20,21)/t15-/m0/s1. The second-order valence-corrected chi connectivity index (χ2v) is 6.23. The average molecular weight is 309 g/mol. The lowest BCUT2D eigenvalue weighted by Crippen LogP contribution is -2.33. The molecule has 0 fully saturated rings. The number of benzene rings is 1. The van der Waals surface area contributed by atoms with Crippen molar-refractivity contribution in [3.05, 3.63) is 29.6 Å². The first-order valence-electron chi connectivity index (χ1n) is 6.89. The Morgan fingerprint density at radius 1 is 1.45 bits per heavy atom. The summed E-state index contributed by atoms with van der Waals surface area (Å²) in [7, 11) is 0. The topological polar surface area (TPSA) is 96.9 Å². The minimum atomic E-state index is -1.21. The average Bonchev–Trinajstić information content (AvgIpc) is 2.47. The van der Waals surface area contributed by atoms with Gasteiger partial charge in [0.1, 0.15) is 18.3 Å². The lowest BCUT2D eigenvalue weighted by atomic mass is 9.82. The highest BCUT2D eigenvalue weighted by atomic mass is 19.1. The van der Waals surface area contributed by atoms with Gasteiger partial charge in [-0.2, -0.15) is 0 Å². The summed E-state index contributed by atoms with van der Waals surface area (Å²) in [6.45, 7) is 5.71. The first-order chi connectivity index (χ1) is 10.1. The summed E-state index contributed by atoms with van der Waals surface area (Å²) in [5, 5.41) is 11.0. The molecule has 120 valence electrons. The number of halogens is 1. The third kappa shape index (κ3) is 3.54. The van der Waals surface area contributed by atoms with Crippen molar-refractivity contribution in [3.63, 3.8) is 0 Å². The number of rotatable bonds is 2. The van der Waals surface area contributed by atoms with Gasteiger partial charge in [-0.1, -0.05) is 0 Å². The molecule has 1 aliphatic heterocycles. The normalized spacial score (nSPS) is 24.3. The molecule has 6 nitrogen and oxygen atoms in total. The van der Waals surface area contributed by atoms with Crippen molar-refractivity contribution in [1.82, 2.24) is 0 Å². The highest BCUT2D eigenvalue weighted by Crippen LogP contribution is 2.39. The van der Waals surface area contributed by atoms with Crippen LogP contribution in [0.1, 0.15) is 32.8 Å². The van der Waals surface area contributed by atoms with Gasteiger partial charge in [-0.05, 0) is 39.0 Å². The molecule has 7 heteroatoms. The van der Waals surface area contributed by atoms with Gasteiger partial charge in [0, 0.05) is 17.7 Å². The monoisotopic (exact) mass is 309 g/mol. The summed E-state index contributed by atoms with van der Waals surface area (Å²) >= 11 is 0. The van der Waals surface area contributed by atoms with E-state index in [2.05, 4.69) is 10.3 Å². The fraction of sp³-hybridized carbons (Fsp3) is 0.467. The molecule has 0 aliphatic carbocycles. The Kier molecular flexibility index (Phi) is 4.10. The minimum absolute atomic E-state index is 0.178. The highest BCUT2D eigenvalue weighted by molar-refractivity contribution is 5.83. The van der Waals surface area contributed by atoms with Gasteiger partial charge in [0.15, 0.2) is 0 Å². The Balaban J connectivity index is 2.51. The van der Waals surface area contributed by atoms with Crippen molar-refractivity contribution in [1.29, 1.82) is 0 Å². The van der Waals surface area contributed by atoms with Crippen molar-refractivity contribution in [2.45, 2.75) is 38.3 Å². The Morgan fingerprint density at radius 3 is 2.77 bits per heavy atom. The van der Waals surface area contributed by atoms with Crippen LogP contribution in [0, 0.1) is 5.82 Å². The molecule has 22 heavy (non-hydrogen) atoms. The van der Waals surface area contributed by atoms with E-state index in [1.165, 1.54) is 18.2 Å². The molecular formula is C15H20FN3O3. The number of nitrogens with one attached hydrogen (secondary N) is 1. The van der Waals surface area contributed by atoms with Gasteiger partial charge in [0.25, 0.3) is 0 Å². The van der Waals surface area contributed by atoms with E-state index >= 15 is 0 Å². The number of anilines is 1. The third-order valence-corrected chi connectivity index (χ3v) is 3.57. The number of carboxylic acid groups (broad SMARTS) is 1. The molecule has 0 saturated heterocycles. The molecule has 1 atom stereocenters. The number of amides is 1. The van der Waals surface area contributed by atoms with Crippen LogP contribution in [0.2, 0.25) is 0 Å². The van der Waals surface area contributed by atoms with Crippen LogP contribution in [0.3, 0.4) is 0 Å². The smallest absolute Gasteiger partial charge is 0.409 e. The van der Waals surface area contributed by atoms with Gasteiger partial charge in [-0.15, -0.1) is 0 Å².